The Kier molecular flexibility index (Phi) is 5.90. The lowest BCUT2D eigenvalue weighted by Crippen LogP contribution is -2.41. The fourth-order valence-corrected chi connectivity index (χ4v) is 4.05. The molecule has 0 amide bonds. The van der Waals surface area contributed by atoms with Crippen LogP contribution in [0.2, 0.25) is 0 Å². The van der Waals surface area contributed by atoms with Crippen LogP contribution in [0, 0.1) is 13.8 Å². The molecule has 0 heterocycles. The van der Waals surface area contributed by atoms with Gasteiger partial charge in [-0.05, 0) is 51.0 Å². The highest BCUT2D eigenvalue weighted by Gasteiger charge is 2.31. The summed E-state index contributed by atoms with van der Waals surface area (Å²) < 4.78 is 31.2. The molecule has 0 radical (unpaired) electrons. The zero-order valence-electron chi connectivity index (χ0n) is 13.8. The zero-order valence-corrected chi connectivity index (χ0v) is 14.6. The summed E-state index contributed by atoms with van der Waals surface area (Å²) in [6.07, 6.45) is 0. The average Bonchev–Trinajstić information content (AvgIpc) is 2.45. The smallest absolute Gasteiger partial charge is 0.337 e. The van der Waals surface area contributed by atoms with Gasteiger partial charge in [-0.3, -0.25) is 4.79 Å². The van der Waals surface area contributed by atoms with Crippen molar-refractivity contribution in [3.63, 3.8) is 0 Å². The second-order valence-corrected chi connectivity index (χ2v) is 7.30. The third-order valence-electron chi connectivity index (χ3n) is 3.49. The van der Waals surface area contributed by atoms with Crippen molar-refractivity contribution in [2.45, 2.75) is 38.6 Å². The maximum absolute atomic E-state index is 12.9. The molecule has 1 aromatic carbocycles. The zero-order chi connectivity index (χ0) is 17.9. The van der Waals surface area contributed by atoms with Crippen LogP contribution in [-0.2, 0) is 19.6 Å². The number of benzene rings is 1. The van der Waals surface area contributed by atoms with E-state index in [2.05, 4.69) is 4.74 Å². The standard InChI is InChI=1S/C15H21NO6S/c1-9(2)16(8-14(17)18)23(20,21)13-7-12(15(19)22-5)6-10(3)11(13)4/h6-7,9H,8H2,1-5H3,(H,17,18). The van der Waals surface area contributed by atoms with Gasteiger partial charge >= 0.3 is 11.9 Å². The van der Waals surface area contributed by atoms with E-state index in [1.807, 2.05) is 0 Å². The number of hydrogen-bond donors (Lipinski definition) is 1. The number of ether oxygens (including phenoxy) is 1. The third-order valence-corrected chi connectivity index (χ3v) is 5.64. The van der Waals surface area contributed by atoms with Gasteiger partial charge in [-0.15, -0.1) is 0 Å². The molecule has 8 heteroatoms. The lowest BCUT2D eigenvalue weighted by Gasteiger charge is -2.25. The van der Waals surface area contributed by atoms with Gasteiger partial charge in [0.2, 0.25) is 10.0 Å². The molecular weight excluding hydrogens is 322 g/mol. The number of nitrogens with zero attached hydrogens (tertiary/aromatic N) is 1. The van der Waals surface area contributed by atoms with Gasteiger partial charge in [0.15, 0.2) is 0 Å². The van der Waals surface area contributed by atoms with Crippen molar-refractivity contribution in [3.8, 4) is 0 Å². The van der Waals surface area contributed by atoms with Crippen LogP contribution in [0.3, 0.4) is 0 Å². The Morgan fingerprint density at radius 1 is 1.26 bits per heavy atom. The number of carbonyl (C=O) groups is 2. The Labute approximate surface area is 135 Å². The Morgan fingerprint density at radius 2 is 1.83 bits per heavy atom. The monoisotopic (exact) mass is 343 g/mol. The van der Waals surface area contributed by atoms with Gasteiger partial charge in [-0.1, -0.05) is 0 Å². The van der Waals surface area contributed by atoms with Crippen molar-refractivity contribution in [1.29, 1.82) is 0 Å². The van der Waals surface area contributed by atoms with Gasteiger partial charge in [0, 0.05) is 6.04 Å². The molecule has 0 unspecified atom stereocenters. The number of methoxy groups -OCH3 is 1. The second-order valence-electron chi connectivity index (χ2n) is 5.45. The summed E-state index contributed by atoms with van der Waals surface area (Å²) in [7, 11) is -2.86. The normalized spacial score (nSPS) is 11.8. The minimum atomic E-state index is -4.07. The lowest BCUT2D eigenvalue weighted by molar-refractivity contribution is -0.137. The number of sulfonamides is 1. The van der Waals surface area contributed by atoms with Crippen molar-refractivity contribution in [2.24, 2.45) is 0 Å². The number of carbonyl (C=O) groups excluding carboxylic acids is 1. The molecule has 0 aliphatic heterocycles. The SMILES string of the molecule is COC(=O)c1cc(C)c(C)c(S(=O)(=O)N(CC(=O)O)C(C)C)c1. The van der Waals surface area contributed by atoms with E-state index in [9.17, 15) is 18.0 Å². The predicted molar refractivity (Wildman–Crippen MR) is 83.9 cm³/mol. The van der Waals surface area contributed by atoms with E-state index in [4.69, 9.17) is 5.11 Å². The summed E-state index contributed by atoms with van der Waals surface area (Å²) in [4.78, 5) is 22.6. The molecule has 0 aliphatic carbocycles. The highest BCUT2D eigenvalue weighted by Crippen LogP contribution is 2.26. The Bertz CT molecular complexity index is 724. The van der Waals surface area contributed by atoms with E-state index in [-0.39, 0.29) is 10.5 Å². The molecule has 0 saturated heterocycles. The van der Waals surface area contributed by atoms with Gasteiger partial charge in [-0.25, -0.2) is 13.2 Å². The van der Waals surface area contributed by atoms with Crippen LogP contribution in [0.15, 0.2) is 17.0 Å². The van der Waals surface area contributed by atoms with Crippen LogP contribution in [0.25, 0.3) is 0 Å². The van der Waals surface area contributed by atoms with E-state index in [1.165, 1.54) is 19.2 Å². The number of esters is 1. The van der Waals surface area contributed by atoms with Crippen LogP contribution < -0.4 is 0 Å². The van der Waals surface area contributed by atoms with Crippen LogP contribution in [0.4, 0.5) is 0 Å². The summed E-state index contributed by atoms with van der Waals surface area (Å²) in [5, 5.41) is 8.97. The average molecular weight is 343 g/mol. The first-order valence-corrected chi connectivity index (χ1v) is 8.39. The van der Waals surface area contributed by atoms with Gasteiger partial charge in [0.05, 0.1) is 17.6 Å². The highest BCUT2D eigenvalue weighted by atomic mass is 32.2. The molecule has 0 atom stereocenters. The quantitative estimate of drug-likeness (QED) is 0.787. The van der Waals surface area contributed by atoms with Crippen molar-refractivity contribution in [3.05, 3.63) is 28.8 Å². The van der Waals surface area contributed by atoms with Crippen LogP contribution >= 0.6 is 0 Å². The van der Waals surface area contributed by atoms with Crippen LogP contribution in [0.5, 0.6) is 0 Å². The molecule has 0 aliphatic rings. The van der Waals surface area contributed by atoms with Crippen LogP contribution in [0.1, 0.15) is 35.3 Å². The molecule has 0 aromatic heterocycles. The molecule has 0 fully saturated rings. The maximum Gasteiger partial charge on any atom is 0.337 e. The summed E-state index contributed by atoms with van der Waals surface area (Å²) in [6.45, 7) is 5.82. The molecule has 7 nitrogen and oxygen atoms in total. The summed E-state index contributed by atoms with van der Waals surface area (Å²) >= 11 is 0. The number of carboxylic acid groups (broad SMARTS) is 1. The van der Waals surface area contributed by atoms with Crippen molar-refractivity contribution in [2.75, 3.05) is 13.7 Å². The number of hydrogen-bond acceptors (Lipinski definition) is 5. The van der Waals surface area contributed by atoms with Crippen molar-refractivity contribution >= 4 is 22.0 Å². The first-order chi connectivity index (χ1) is 10.5. The Balaban J connectivity index is 3.55. The minimum Gasteiger partial charge on any atom is -0.480 e. The topological polar surface area (TPSA) is 101 Å². The molecule has 0 saturated carbocycles. The number of carboxylic acids is 1. The molecule has 128 valence electrons. The minimum absolute atomic E-state index is 0.0900. The van der Waals surface area contributed by atoms with Gasteiger partial charge in [0.25, 0.3) is 0 Å². The largest absolute Gasteiger partial charge is 0.480 e. The van der Waals surface area contributed by atoms with Crippen molar-refractivity contribution in [1.82, 2.24) is 4.31 Å². The molecule has 1 N–H and O–H groups in total. The van der Waals surface area contributed by atoms with E-state index in [1.54, 1.807) is 27.7 Å². The highest BCUT2D eigenvalue weighted by molar-refractivity contribution is 7.89. The first-order valence-electron chi connectivity index (χ1n) is 6.95. The second kappa shape index (κ2) is 7.10. The number of rotatable bonds is 6. The molecule has 0 bridgehead atoms. The van der Waals surface area contributed by atoms with E-state index in [0.29, 0.717) is 11.1 Å². The third kappa shape index (κ3) is 4.08. The molecule has 23 heavy (non-hydrogen) atoms. The van der Waals surface area contributed by atoms with Gasteiger partial charge in [-0.2, -0.15) is 4.31 Å². The lowest BCUT2D eigenvalue weighted by atomic mass is 10.1. The van der Waals surface area contributed by atoms with E-state index in [0.717, 1.165) is 4.31 Å². The Morgan fingerprint density at radius 3 is 2.26 bits per heavy atom. The fourth-order valence-electron chi connectivity index (χ4n) is 2.14. The Hall–Kier alpha value is -1.93. The van der Waals surface area contributed by atoms with Gasteiger partial charge < -0.3 is 9.84 Å². The number of aryl methyl sites for hydroxylation is 1. The maximum atomic E-state index is 12.9. The predicted octanol–water partition coefficient (Wildman–Crippen LogP) is 1.57. The van der Waals surface area contributed by atoms with E-state index >= 15 is 0 Å². The van der Waals surface area contributed by atoms with Crippen LogP contribution in [-0.4, -0.2) is 49.5 Å². The van der Waals surface area contributed by atoms with Gasteiger partial charge in [0.1, 0.15) is 6.54 Å². The molecule has 1 aromatic rings. The molecular formula is C15H21NO6S. The number of aliphatic carboxylic acids is 1. The summed E-state index contributed by atoms with van der Waals surface area (Å²) in [5.41, 5.74) is 1.17. The first kappa shape index (κ1) is 19.1. The summed E-state index contributed by atoms with van der Waals surface area (Å²) in [6, 6.07) is 2.22. The van der Waals surface area contributed by atoms with Crippen molar-refractivity contribution < 1.29 is 27.9 Å². The molecule has 1 rings (SSSR count). The molecule has 0 spiro atoms. The fraction of sp³-hybridized carbons (Fsp3) is 0.467. The summed E-state index contributed by atoms with van der Waals surface area (Å²) in [5.74, 6) is -1.90. The van der Waals surface area contributed by atoms with E-state index < -0.39 is 34.5 Å².